The number of aliphatic hydroxyl groups excluding tert-OH is 7. The molecule has 0 rings (SSSR count). The molecule has 0 aromatic carbocycles. The summed E-state index contributed by atoms with van der Waals surface area (Å²) >= 11 is 0. The fraction of sp³-hybridized carbons (Fsp3) is 0.833. The van der Waals surface area contributed by atoms with E-state index in [1.165, 1.54) is 0 Å². The summed E-state index contributed by atoms with van der Waals surface area (Å²) in [6, 6.07) is 0. The van der Waals surface area contributed by atoms with Gasteiger partial charge in [0, 0.05) is 0 Å². The first-order valence-electron chi connectivity index (χ1n) is 7.51. The second-order valence-corrected chi connectivity index (χ2v) is 6.94. The monoisotopic (exact) mass is 437 g/mol. The molecule has 15 nitrogen and oxygen atoms in total. The molecule has 0 fully saturated rings. The van der Waals surface area contributed by atoms with Crippen LogP contribution >= 0.6 is 7.82 Å². The Morgan fingerprint density at radius 1 is 1.07 bits per heavy atom. The van der Waals surface area contributed by atoms with E-state index in [9.17, 15) is 44.8 Å². The van der Waals surface area contributed by atoms with Crippen LogP contribution in [0.4, 0.5) is 0 Å². The Hall–Kier alpha value is -0.910. The van der Waals surface area contributed by atoms with Crippen LogP contribution in [0.5, 0.6) is 0 Å². The van der Waals surface area contributed by atoms with Gasteiger partial charge in [-0.05, 0) is 0 Å². The number of Topliss-reactive ketones (excluding diaryl/α,β-unsaturated/α-hetero) is 1. The summed E-state index contributed by atoms with van der Waals surface area (Å²) in [4.78, 5) is 39.8. The summed E-state index contributed by atoms with van der Waals surface area (Å²) in [5.41, 5.74) is 2.60. The largest absolute Gasteiger partial charge is 0.469 e. The van der Waals surface area contributed by atoms with Crippen molar-refractivity contribution in [2.75, 3.05) is 19.8 Å². The SMILES string of the molecule is N[C@](C=O)(OCC(=O)[C@@H](O)[C@H](O)[C@H](O)COP(=O)(O)O)[C@@H](O)[C@H](O)[C@H](O)CO. The first-order valence-corrected chi connectivity index (χ1v) is 9.04. The van der Waals surface area contributed by atoms with E-state index in [0.29, 0.717) is 0 Å². The summed E-state index contributed by atoms with van der Waals surface area (Å²) in [5, 5.41) is 65.9. The molecule has 7 atom stereocenters. The molecule has 0 radical (unpaired) electrons. The van der Waals surface area contributed by atoms with Gasteiger partial charge >= 0.3 is 7.82 Å². The first-order chi connectivity index (χ1) is 12.7. The summed E-state index contributed by atoms with van der Waals surface area (Å²) < 4.78 is 19.0. The molecule has 166 valence electrons. The second-order valence-electron chi connectivity index (χ2n) is 5.70. The van der Waals surface area contributed by atoms with Crippen molar-refractivity contribution in [3.63, 3.8) is 0 Å². The number of nitrogens with two attached hydrogens (primary N) is 1. The maximum Gasteiger partial charge on any atom is 0.469 e. The minimum atomic E-state index is -4.99. The number of carbonyl (C=O) groups excluding carboxylic acids is 2. The van der Waals surface area contributed by atoms with Gasteiger partial charge in [-0.3, -0.25) is 19.8 Å². The van der Waals surface area contributed by atoms with Crippen LogP contribution in [0.15, 0.2) is 0 Å². The van der Waals surface area contributed by atoms with Crippen molar-refractivity contribution < 1.29 is 68.9 Å². The topological polar surface area (TPSA) is 278 Å². The van der Waals surface area contributed by atoms with Crippen LogP contribution in [0.1, 0.15) is 0 Å². The molecule has 0 bridgehead atoms. The highest BCUT2D eigenvalue weighted by molar-refractivity contribution is 7.46. The number of phosphoric ester groups is 1. The molecule has 11 N–H and O–H groups in total. The molecular formula is C12H24NO14P. The minimum Gasteiger partial charge on any atom is -0.394 e. The molecule has 0 spiro atoms. The van der Waals surface area contributed by atoms with Crippen molar-refractivity contribution in [2.45, 2.75) is 42.3 Å². The molecule has 0 heterocycles. The molecule has 0 saturated heterocycles. The third kappa shape index (κ3) is 8.22. The Balaban J connectivity index is 4.90. The third-order valence-electron chi connectivity index (χ3n) is 3.48. The molecular weight excluding hydrogens is 413 g/mol. The Bertz CT molecular complexity index is 556. The molecule has 0 amide bonds. The molecule has 0 saturated carbocycles. The normalized spacial score (nSPS) is 21.1. The van der Waals surface area contributed by atoms with Gasteiger partial charge in [-0.15, -0.1) is 0 Å². The highest BCUT2D eigenvalue weighted by Gasteiger charge is 2.43. The number of carbonyl (C=O) groups is 2. The molecule has 0 aliphatic carbocycles. The highest BCUT2D eigenvalue weighted by atomic mass is 31.2. The molecule has 0 aromatic rings. The Morgan fingerprint density at radius 2 is 1.61 bits per heavy atom. The van der Waals surface area contributed by atoms with Crippen LogP contribution in [0.2, 0.25) is 0 Å². The molecule has 16 heteroatoms. The molecule has 0 aliphatic rings. The van der Waals surface area contributed by atoms with Gasteiger partial charge in [-0.2, -0.15) is 0 Å². The van der Waals surface area contributed by atoms with Gasteiger partial charge in [-0.25, -0.2) is 4.57 Å². The van der Waals surface area contributed by atoms with Crippen molar-refractivity contribution in [2.24, 2.45) is 5.73 Å². The minimum absolute atomic E-state index is 0.232. The zero-order valence-electron chi connectivity index (χ0n) is 14.3. The van der Waals surface area contributed by atoms with Gasteiger partial charge < -0.3 is 50.3 Å². The zero-order valence-corrected chi connectivity index (χ0v) is 15.1. The van der Waals surface area contributed by atoms with Gasteiger partial charge in [-0.1, -0.05) is 0 Å². The van der Waals surface area contributed by atoms with E-state index in [0.717, 1.165) is 0 Å². The summed E-state index contributed by atoms with van der Waals surface area (Å²) in [6.45, 7) is -3.39. The van der Waals surface area contributed by atoms with Crippen LogP contribution in [0.3, 0.4) is 0 Å². The number of phosphoric acid groups is 1. The van der Waals surface area contributed by atoms with Crippen molar-refractivity contribution in [3.8, 4) is 0 Å². The Labute approximate surface area is 157 Å². The maximum atomic E-state index is 11.8. The van der Waals surface area contributed by atoms with Crippen LogP contribution in [-0.2, 0) is 23.4 Å². The quantitative estimate of drug-likeness (QED) is 0.0687. The molecule has 28 heavy (non-hydrogen) atoms. The smallest absolute Gasteiger partial charge is 0.394 e. The summed E-state index contributed by atoms with van der Waals surface area (Å²) in [5.74, 6) is -1.39. The summed E-state index contributed by atoms with van der Waals surface area (Å²) in [7, 11) is -4.99. The lowest BCUT2D eigenvalue weighted by Gasteiger charge is -2.33. The van der Waals surface area contributed by atoms with E-state index in [1.54, 1.807) is 0 Å². The van der Waals surface area contributed by atoms with Crippen molar-refractivity contribution in [3.05, 3.63) is 0 Å². The Morgan fingerprint density at radius 3 is 2.04 bits per heavy atom. The number of aliphatic hydroxyl groups is 7. The zero-order chi connectivity index (χ0) is 22.3. The van der Waals surface area contributed by atoms with Gasteiger partial charge in [0.05, 0.1) is 13.2 Å². The van der Waals surface area contributed by atoms with E-state index < -0.39 is 75.8 Å². The second kappa shape index (κ2) is 11.3. The lowest BCUT2D eigenvalue weighted by molar-refractivity contribution is -0.184. The maximum absolute atomic E-state index is 11.8. The van der Waals surface area contributed by atoms with E-state index in [1.807, 2.05) is 0 Å². The fourth-order valence-electron chi connectivity index (χ4n) is 1.73. The number of ketones is 1. The lowest BCUT2D eigenvalue weighted by Crippen LogP contribution is -2.62. The van der Waals surface area contributed by atoms with Gasteiger partial charge in [0.2, 0.25) is 5.72 Å². The van der Waals surface area contributed by atoms with E-state index in [2.05, 4.69) is 9.26 Å². The summed E-state index contributed by atoms with van der Waals surface area (Å²) in [6.07, 6.45) is -13.4. The van der Waals surface area contributed by atoms with Crippen LogP contribution in [0, 0.1) is 0 Å². The predicted octanol–water partition coefficient (Wildman–Crippen LogP) is -6.31. The average Bonchev–Trinajstić information content (AvgIpc) is 2.65. The van der Waals surface area contributed by atoms with E-state index in [4.69, 9.17) is 20.6 Å². The molecule has 0 unspecified atom stereocenters. The van der Waals surface area contributed by atoms with Crippen molar-refractivity contribution >= 4 is 19.9 Å². The van der Waals surface area contributed by atoms with Crippen molar-refractivity contribution in [1.82, 2.24) is 0 Å². The number of hydrogen-bond donors (Lipinski definition) is 10. The average molecular weight is 437 g/mol. The fourth-order valence-corrected chi connectivity index (χ4v) is 2.08. The standard InChI is InChI=1S/C12H24NO14P/c13-12(4-15,11(22)10(21)5(16)1-14)26-2-6(17)8(19)9(20)7(18)3-27-28(23,24)25/h4-5,7-11,14,16,18-22H,1-3,13H2,(H2,23,24,25)/t5-,7-,8-,9-,10-,11+,12-/m1/s1. The first kappa shape index (κ1) is 27.1. The van der Waals surface area contributed by atoms with Gasteiger partial charge in [0.25, 0.3) is 0 Å². The van der Waals surface area contributed by atoms with Crippen LogP contribution in [-0.4, -0.2) is 120 Å². The molecule has 0 aromatic heterocycles. The number of aldehydes is 1. The van der Waals surface area contributed by atoms with Crippen LogP contribution in [0.25, 0.3) is 0 Å². The number of ether oxygens (including phenoxy) is 1. The lowest BCUT2D eigenvalue weighted by atomic mass is 9.99. The van der Waals surface area contributed by atoms with E-state index >= 15 is 0 Å². The third-order valence-corrected chi connectivity index (χ3v) is 3.96. The number of rotatable bonds is 14. The van der Waals surface area contributed by atoms with Crippen LogP contribution < -0.4 is 5.73 Å². The van der Waals surface area contributed by atoms with Gasteiger partial charge in [0.1, 0.15) is 43.2 Å². The molecule has 0 aliphatic heterocycles. The predicted molar refractivity (Wildman–Crippen MR) is 85.1 cm³/mol. The van der Waals surface area contributed by atoms with E-state index in [-0.39, 0.29) is 6.29 Å². The van der Waals surface area contributed by atoms with Gasteiger partial charge in [0.15, 0.2) is 12.1 Å². The highest BCUT2D eigenvalue weighted by Crippen LogP contribution is 2.35. The number of hydrogen-bond acceptors (Lipinski definition) is 13. The Kier molecular flexibility index (Phi) is 11.0. The van der Waals surface area contributed by atoms with Crippen molar-refractivity contribution in [1.29, 1.82) is 0 Å².